The van der Waals surface area contributed by atoms with Crippen molar-refractivity contribution in [1.29, 1.82) is 5.41 Å². The van der Waals surface area contributed by atoms with Crippen LogP contribution in [-0.4, -0.2) is 330 Å². The highest BCUT2D eigenvalue weighted by Crippen LogP contribution is 2.29. The Bertz CT molecular complexity index is 5100. The summed E-state index contributed by atoms with van der Waals surface area (Å²) in [4.78, 5) is 262. The summed E-state index contributed by atoms with van der Waals surface area (Å²) in [7, 11) is 3.80. The Balaban J connectivity index is 1.07. The van der Waals surface area contributed by atoms with E-state index in [4.69, 9.17) is 22.6 Å². The van der Waals surface area contributed by atoms with Crippen LogP contribution >= 0.6 is 34.9 Å². The maximum Gasteiger partial charge on any atom is 0.248 e. The van der Waals surface area contributed by atoms with E-state index in [-0.39, 0.29) is 107 Å². The van der Waals surface area contributed by atoms with E-state index in [2.05, 4.69) is 73.4 Å². The van der Waals surface area contributed by atoms with Gasteiger partial charge < -0.3 is 125 Å². The molecule has 130 heavy (non-hydrogen) atoms. The van der Waals surface area contributed by atoms with Crippen LogP contribution in [0.1, 0.15) is 87.6 Å². The minimum atomic E-state index is -1.87. The van der Waals surface area contributed by atoms with E-state index < -0.39 is 229 Å². The van der Waals surface area contributed by atoms with Crippen molar-refractivity contribution in [3.8, 4) is 5.75 Å². The number of thioether (sulfide) groups is 2. The number of thiophene rings is 1. The van der Waals surface area contributed by atoms with Crippen LogP contribution in [0.4, 0.5) is 0 Å². The molecule has 3 aliphatic heterocycles. The summed E-state index contributed by atoms with van der Waals surface area (Å²) in [6, 6.07) is -2.33. The van der Waals surface area contributed by atoms with Crippen molar-refractivity contribution in [3.05, 3.63) is 119 Å². The molecule has 6 heterocycles. The Hall–Kier alpha value is -13.0. The number of guanidine groups is 1. The molecule has 1 unspecified atom stereocenters. The first-order valence-electron chi connectivity index (χ1n) is 42.1. The number of nitrogens with zero attached hydrogens (tertiary/aromatic N) is 6. The van der Waals surface area contributed by atoms with Crippen LogP contribution in [0.5, 0.6) is 5.75 Å². The number of aromatic nitrogens is 3. The smallest absolute Gasteiger partial charge is 0.248 e. The van der Waals surface area contributed by atoms with Crippen LogP contribution in [0.2, 0.25) is 0 Å². The number of benzene rings is 3. The second kappa shape index (κ2) is 47.9. The first kappa shape index (κ1) is 101. The van der Waals surface area contributed by atoms with Crippen molar-refractivity contribution in [2.24, 2.45) is 17.2 Å². The number of carbonyl (C=O) groups is 17. The lowest BCUT2D eigenvalue weighted by molar-refractivity contribution is -0.149. The summed E-state index contributed by atoms with van der Waals surface area (Å²) in [6.45, 7) is -0.549. The molecular weight excluding hydrogens is 1750 g/mol. The standard InChI is InChI=1S/C84H113N23O20S3/c1-44-71(115)98-59(34-67(85)111)81(125)106-27-12-18-63(106)78(122)97-56(33-49-36-89-43-93-49)75(119)101-61(39-109)82(126)107-28-13-19-64(107)77(121)96-55(31-47-35-91-53-16-9-7-14-51(47)53)74(118)100-60(38-108)76(120)99-58(32-48-40-130-66-20-10-8-15-52(48)66)80(124)105(5)65(25-29-128-6)83(127)104(4)45(2)70(114)95-54(17-11-26-90-84(87)88)73(117)102-62(72(116)92-37-68(86)112)41-129-42-69(113)94-57(79(123)103(44)3)30-46-21-23-50(110)24-22-46/h7-10,14-16,20-24,35-36,40,43-45,54-65,91,108-110H,11-13,17-19,25-34,37-39,41-42H2,1-6H3,(H2,85,111)(H2,86,112)(H,89,93)(H,92,116)(H,94,113)(H,95,114)(H,96,121)(H,97,122)(H,98,115)(H,99,120)(H,100,118)(H,101,119)(H,102,117)(H4,87,88,90)/t44-,45-,54-,55-,56-,57-,58-,59-,60-,61-,62?,63-,64-,65-/m0/s1. The summed E-state index contributed by atoms with van der Waals surface area (Å²) in [6.07, 6.45) is 4.10. The van der Waals surface area contributed by atoms with Gasteiger partial charge in [0.1, 0.15) is 90.3 Å². The number of imidazole rings is 1. The summed E-state index contributed by atoms with van der Waals surface area (Å²) < 4.78 is 0.808. The number of aliphatic hydroxyl groups is 2. The van der Waals surface area contributed by atoms with Gasteiger partial charge in [0.2, 0.25) is 100 Å². The highest BCUT2D eigenvalue weighted by molar-refractivity contribution is 8.00. The second-order valence-corrected chi connectivity index (χ2v) is 34.8. The van der Waals surface area contributed by atoms with Gasteiger partial charge in [-0.15, -0.1) is 23.1 Å². The molecule has 0 aliphatic carbocycles. The van der Waals surface area contributed by atoms with Gasteiger partial charge >= 0.3 is 0 Å². The molecular formula is C84H113N23O20S3. The minimum Gasteiger partial charge on any atom is -0.508 e. The molecule has 0 radical (unpaired) electrons. The number of hydrogen-bond donors (Lipinski definition) is 20. The van der Waals surface area contributed by atoms with E-state index in [1.54, 1.807) is 60.3 Å². The van der Waals surface area contributed by atoms with Gasteiger partial charge in [0.15, 0.2) is 5.96 Å². The molecule has 0 bridgehead atoms. The van der Waals surface area contributed by atoms with E-state index >= 15 is 24.0 Å². The van der Waals surface area contributed by atoms with Crippen LogP contribution in [0, 0.1) is 5.41 Å². The number of phenolic OH excluding ortho intramolecular Hbond substituents is 1. The fourth-order valence-corrected chi connectivity index (χ4v) is 17.6. The van der Waals surface area contributed by atoms with Crippen molar-refractivity contribution in [3.63, 3.8) is 0 Å². The zero-order valence-electron chi connectivity index (χ0n) is 72.6. The molecule has 14 atom stereocenters. The molecule has 9 rings (SSSR count). The molecule has 23 N–H and O–H groups in total. The van der Waals surface area contributed by atoms with Crippen molar-refractivity contribution in [2.75, 3.05) is 84.1 Å². The Morgan fingerprint density at radius 3 is 1.70 bits per heavy atom. The van der Waals surface area contributed by atoms with Crippen molar-refractivity contribution in [2.45, 2.75) is 175 Å². The Morgan fingerprint density at radius 1 is 0.554 bits per heavy atom. The van der Waals surface area contributed by atoms with E-state index in [0.29, 0.717) is 33.0 Å². The maximum absolute atomic E-state index is 15.5. The second-order valence-electron chi connectivity index (χ2n) is 31.9. The first-order valence-corrected chi connectivity index (χ1v) is 45.5. The monoisotopic (exact) mass is 1860 g/mol. The number of fused-ring (bicyclic) bond motifs is 4. The Labute approximate surface area is 760 Å². The first-order chi connectivity index (χ1) is 62.0. The highest BCUT2D eigenvalue weighted by Gasteiger charge is 2.45. The number of nitrogens with one attached hydrogen (secondary N) is 14. The lowest BCUT2D eigenvalue weighted by Gasteiger charge is -2.35. The number of H-pyrrole nitrogens is 2. The number of carbonyl (C=O) groups excluding carboxylic acids is 17. The van der Waals surface area contributed by atoms with Crippen LogP contribution in [0.15, 0.2) is 96.9 Å². The number of phenols is 1. The third kappa shape index (κ3) is 27.3. The number of aromatic hydroxyl groups is 1. The fraction of sp³-hybridized carbons (Fsp3) is 0.488. The molecule has 43 nitrogen and oxygen atoms in total. The van der Waals surface area contributed by atoms with Gasteiger partial charge in [-0.1, -0.05) is 48.5 Å². The molecule has 3 aromatic carbocycles. The number of aromatic amines is 2. The van der Waals surface area contributed by atoms with Crippen LogP contribution in [0.3, 0.4) is 0 Å². The quantitative estimate of drug-likeness (QED) is 0.0172. The van der Waals surface area contributed by atoms with Crippen LogP contribution in [-0.2, 0) is 107 Å². The van der Waals surface area contributed by atoms with E-state index in [1.165, 1.54) is 94.9 Å². The number of nitrogens with two attached hydrogens (primary N) is 3. The van der Waals surface area contributed by atoms with E-state index in [0.717, 1.165) is 41.0 Å². The number of para-hydroxylation sites is 1. The van der Waals surface area contributed by atoms with Crippen molar-refractivity contribution >= 4 is 162 Å². The van der Waals surface area contributed by atoms with Crippen molar-refractivity contribution < 1.29 is 96.8 Å². The predicted octanol–water partition coefficient (Wildman–Crippen LogP) is -4.83. The van der Waals surface area contributed by atoms with Gasteiger partial charge in [-0.2, -0.15) is 11.8 Å². The average Bonchev–Trinajstić information content (AvgIpc) is 1.60. The van der Waals surface area contributed by atoms with Gasteiger partial charge in [0, 0.05) is 106 Å². The molecule has 3 aliphatic rings. The molecule has 0 spiro atoms. The van der Waals surface area contributed by atoms with Crippen LogP contribution in [0.25, 0.3) is 21.0 Å². The fourth-order valence-electron chi connectivity index (χ4n) is 15.3. The minimum absolute atomic E-state index is 0.0143. The number of amides is 17. The Morgan fingerprint density at radius 2 is 1.09 bits per heavy atom. The Kier molecular flexibility index (Phi) is 37.2. The number of hydrogen-bond acceptors (Lipinski definition) is 25. The van der Waals surface area contributed by atoms with Crippen molar-refractivity contribution in [1.82, 2.24) is 97.9 Å². The number of likely N-dealkylation sites (N-methyl/N-ethyl adjacent to an activating group) is 3. The summed E-state index contributed by atoms with van der Waals surface area (Å²) in [5.74, 6) is -17.8. The predicted molar refractivity (Wildman–Crippen MR) is 479 cm³/mol. The summed E-state index contributed by atoms with van der Waals surface area (Å²) in [5.41, 5.74) is 19.0. The SMILES string of the molecule is CSCC[C@H]1C(=O)N(C)[C@@H](C)C(=O)N[C@@H](CCCNC(=N)N)C(=O)NC(C(=O)NCC(N)=O)CSCC(=O)N[C@@H](Cc2ccc(O)cc2)C(=O)N(C)[C@@H](C)C(=O)N[C@@H](CC(N)=O)C(=O)N2CCC[C@H]2C(=O)N[C@@H](Cc2cnc[nH]2)C(=O)N[C@@H](CO)C(=O)N2CCC[C@H]2C(=O)N[C@@H](Cc2c[nH]c3ccccc23)C(=O)N[C@@H](CO)C(=O)N[C@@H](Cc2csc3ccccc23)C(=O)N1C. The summed E-state index contributed by atoms with van der Waals surface area (Å²) in [5, 5.41) is 71.6. The zero-order valence-corrected chi connectivity index (χ0v) is 75.0. The molecule has 6 aromatic rings. The van der Waals surface area contributed by atoms with Gasteiger partial charge in [-0.3, -0.25) is 86.9 Å². The number of primary amides is 2. The topological polar surface area (TPSA) is 646 Å². The summed E-state index contributed by atoms with van der Waals surface area (Å²) >= 11 is 3.40. The molecule has 3 fully saturated rings. The largest absolute Gasteiger partial charge is 0.508 e. The molecule has 17 amide bonds. The lowest BCUT2D eigenvalue weighted by atomic mass is 10.0. The van der Waals surface area contributed by atoms with E-state index in [1.807, 2.05) is 6.07 Å². The maximum atomic E-state index is 15.5. The number of rotatable bonds is 22. The van der Waals surface area contributed by atoms with Gasteiger partial charge in [0.05, 0.1) is 38.3 Å². The van der Waals surface area contributed by atoms with Gasteiger partial charge in [-0.25, -0.2) is 4.98 Å². The molecule has 3 aromatic heterocycles. The van der Waals surface area contributed by atoms with Gasteiger partial charge in [0.25, 0.3) is 0 Å². The zero-order chi connectivity index (χ0) is 94.7. The van der Waals surface area contributed by atoms with Gasteiger partial charge in [-0.05, 0) is 123 Å². The molecule has 3 saturated heterocycles. The normalized spacial score (nSPS) is 24.6. The third-order valence-corrected chi connectivity index (χ3v) is 25.5. The molecule has 46 heteroatoms. The average molecular weight is 1860 g/mol. The molecule has 702 valence electrons. The lowest BCUT2D eigenvalue weighted by Crippen LogP contribution is -2.62. The van der Waals surface area contributed by atoms with E-state index in [9.17, 15) is 72.9 Å². The molecule has 0 saturated carbocycles. The van der Waals surface area contributed by atoms with Crippen LogP contribution < -0.4 is 75.7 Å². The number of aliphatic hydroxyl groups excluding tert-OH is 2. The highest BCUT2D eigenvalue weighted by atomic mass is 32.2. The third-order valence-electron chi connectivity index (χ3n) is 22.8.